The Hall–Kier alpha value is -13.8. The van der Waals surface area contributed by atoms with Gasteiger partial charge in [-0.15, -0.1) is 0 Å². The molecule has 16 aliphatic carbocycles. The smallest absolute Gasteiger partial charge is 0.0272 e. The first kappa shape index (κ1) is 80.2. The molecule has 36 rings (SSSR count). The van der Waals surface area contributed by atoms with Gasteiger partial charge in [-0.1, -0.05) is 396 Å². The molecule has 0 saturated heterocycles. The van der Waals surface area contributed by atoms with E-state index in [4.69, 9.17) is 0 Å². The molecule has 668 valence electrons. The van der Waals surface area contributed by atoms with Crippen LogP contribution in [0.25, 0.3) is 187 Å². The Kier molecular flexibility index (Phi) is 17.2. The summed E-state index contributed by atoms with van der Waals surface area (Å²) in [6.45, 7) is 4.79. The fourth-order valence-electron chi connectivity index (χ4n) is 35.3. The highest BCUT2D eigenvalue weighted by Crippen LogP contribution is 2.75. The van der Waals surface area contributed by atoms with Crippen LogP contribution in [0.2, 0.25) is 0 Å². The summed E-state index contributed by atoms with van der Waals surface area (Å²) in [6.07, 6.45) is 21.4. The van der Waals surface area contributed by atoms with E-state index in [1.54, 1.807) is 33.4 Å². The predicted molar refractivity (Wildman–Crippen MR) is 582 cm³/mol. The zero-order valence-corrected chi connectivity index (χ0v) is 79.5. The average Bonchev–Trinajstić information content (AvgIpc) is 1.52. The van der Waals surface area contributed by atoms with Gasteiger partial charge in [0.2, 0.25) is 0 Å². The van der Waals surface area contributed by atoms with Crippen LogP contribution in [0.5, 0.6) is 0 Å². The summed E-state index contributed by atoms with van der Waals surface area (Å²) in [4.78, 5) is 0. The number of hydrogen-bond acceptors (Lipinski definition) is 0. The second-order valence-electron chi connectivity index (χ2n) is 45.7. The molecule has 139 heavy (non-hydrogen) atoms. The van der Waals surface area contributed by atoms with E-state index >= 15 is 0 Å². The Labute approximate surface area is 816 Å². The highest BCUT2D eigenvalue weighted by atomic mass is 14.7. The maximum absolute atomic E-state index is 2.55. The van der Waals surface area contributed by atoms with Gasteiger partial charge in [0.25, 0.3) is 0 Å². The molecule has 0 aliphatic heterocycles. The molecule has 3 spiro atoms. The molecule has 12 saturated carbocycles. The summed E-state index contributed by atoms with van der Waals surface area (Å²) < 4.78 is 0. The molecule has 0 heteroatoms. The third kappa shape index (κ3) is 10.9. The van der Waals surface area contributed by atoms with E-state index in [-0.39, 0.29) is 21.7 Å². The Balaban J connectivity index is 0.0000000968. The zero-order valence-electron chi connectivity index (χ0n) is 79.5. The lowest BCUT2D eigenvalue weighted by molar-refractivity contribution is -0.0399. The third-order valence-electron chi connectivity index (χ3n) is 39.3. The van der Waals surface area contributed by atoms with Crippen molar-refractivity contribution in [3.8, 4) is 111 Å². The van der Waals surface area contributed by atoms with E-state index in [2.05, 4.69) is 402 Å². The van der Waals surface area contributed by atoms with Crippen molar-refractivity contribution in [1.29, 1.82) is 0 Å². The van der Waals surface area contributed by atoms with E-state index in [1.807, 2.05) is 0 Å². The van der Waals surface area contributed by atoms with Gasteiger partial charge in [0.1, 0.15) is 0 Å². The molecular formula is C139H112. The first-order valence-corrected chi connectivity index (χ1v) is 53.0. The number of rotatable bonds is 6. The van der Waals surface area contributed by atoms with E-state index in [9.17, 15) is 0 Å². The molecule has 0 N–H and O–H groups in total. The molecule has 20 aromatic carbocycles. The van der Waals surface area contributed by atoms with Crippen LogP contribution in [0.15, 0.2) is 388 Å². The van der Waals surface area contributed by atoms with Crippen LogP contribution in [0.3, 0.4) is 0 Å². The lowest BCUT2D eigenvalue weighted by Gasteiger charge is -2.61. The quantitative estimate of drug-likeness (QED) is 0.146. The highest BCUT2D eigenvalue weighted by molar-refractivity contribution is 6.27. The third-order valence-corrected chi connectivity index (χ3v) is 39.3. The molecule has 12 fully saturated rings. The van der Waals surface area contributed by atoms with E-state index < -0.39 is 0 Å². The minimum absolute atomic E-state index is 0.0423. The second-order valence-corrected chi connectivity index (χ2v) is 45.7. The number of hydrogen-bond donors (Lipinski definition) is 0. The van der Waals surface area contributed by atoms with Gasteiger partial charge in [-0.2, -0.15) is 0 Å². The Morgan fingerprint density at radius 1 is 0.151 bits per heavy atom. The highest BCUT2D eigenvalue weighted by Gasteiger charge is 2.65. The summed E-state index contributed by atoms with van der Waals surface area (Å²) in [6, 6.07) is 149. The van der Waals surface area contributed by atoms with Gasteiger partial charge in [0.05, 0.1) is 0 Å². The Morgan fingerprint density at radius 2 is 0.388 bits per heavy atom. The Morgan fingerprint density at radius 3 is 0.741 bits per heavy atom. The molecular weight excluding hydrogens is 1670 g/mol. The second kappa shape index (κ2) is 29.9. The first-order chi connectivity index (χ1) is 68.7. The zero-order chi connectivity index (χ0) is 91.0. The monoisotopic (exact) mass is 1780 g/mol. The van der Waals surface area contributed by atoms with Crippen molar-refractivity contribution < 1.29 is 0 Å². The van der Waals surface area contributed by atoms with Crippen molar-refractivity contribution in [1.82, 2.24) is 0 Å². The van der Waals surface area contributed by atoms with Gasteiger partial charge in [-0.3, -0.25) is 0 Å². The standard InChI is InChI=1S/C51H42.C46H36.C42H34/c1-50(2)43-19-9-7-12-35(43)36-23-22-32(29-46(36)50)47-37-13-3-5-15-39(37)48(40-16-6-4-14-38(40)47)42-18-11-21-45-49(42)41-17-8-10-20-44(41)51(45)33-25-30-24-31(27-33)28-34(51)26-30;1-2-13-33-30(11-1)12-9-19-34(33)43-35-14-3-5-16-37(35)44(38-17-6-4-15-36(38)43)40-20-10-22-42-45(40)39-18-7-8-21-41(39)46(42)31-24-28-23-29(26-31)27-32(46)25-28;1-2-11-28(12-3-1)39-31-13-4-6-15-33(31)40(34-16-7-5-14-32(34)39)36-18-10-20-38-41(36)35-17-8-9-19-37(35)42(38)29-22-26-21-27(24-29)25-30(42)23-26/h3-23,29-31,33-34H,24-28H2,1-2H3;1-22,28-29,31-32H,23-27H2;1-20,26-27,29-30H,21-25H2. The molecule has 0 aromatic heterocycles. The maximum Gasteiger partial charge on any atom is 0.0272 e. The van der Waals surface area contributed by atoms with Crippen LogP contribution >= 0.6 is 0 Å². The number of fused-ring (bicyclic) bond motifs is 19. The van der Waals surface area contributed by atoms with Crippen molar-refractivity contribution in [3.63, 3.8) is 0 Å². The molecule has 20 aromatic rings. The van der Waals surface area contributed by atoms with Crippen molar-refractivity contribution in [2.45, 2.75) is 132 Å². The molecule has 12 bridgehead atoms. The fourth-order valence-corrected chi connectivity index (χ4v) is 35.3. The summed E-state index contributed by atoms with van der Waals surface area (Å²) in [5.41, 5.74) is 41.3. The minimum Gasteiger partial charge on any atom is -0.0622 e. The van der Waals surface area contributed by atoms with Crippen LogP contribution in [0.4, 0.5) is 0 Å². The summed E-state index contributed by atoms with van der Waals surface area (Å²) in [7, 11) is 0. The van der Waals surface area contributed by atoms with Crippen LogP contribution in [0.1, 0.15) is 155 Å². The summed E-state index contributed by atoms with van der Waals surface area (Å²) in [5.74, 6) is 10.3. The van der Waals surface area contributed by atoms with Crippen LogP contribution < -0.4 is 0 Å². The van der Waals surface area contributed by atoms with Crippen molar-refractivity contribution in [3.05, 3.63) is 433 Å². The van der Waals surface area contributed by atoms with Crippen LogP contribution in [0, 0.1) is 71.0 Å². The van der Waals surface area contributed by atoms with E-state index in [1.165, 1.54) is 294 Å². The van der Waals surface area contributed by atoms with Crippen molar-refractivity contribution in [2.24, 2.45) is 71.0 Å². The van der Waals surface area contributed by atoms with Gasteiger partial charge in [0.15, 0.2) is 0 Å². The van der Waals surface area contributed by atoms with Crippen molar-refractivity contribution >= 4 is 75.4 Å². The summed E-state index contributed by atoms with van der Waals surface area (Å²) in [5, 5.41) is 18.7. The first-order valence-electron chi connectivity index (χ1n) is 53.0. The molecule has 0 heterocycles. The molecule has 0 unspecified atom stereocenters. The van der Waals surface area contributed by atoms with Crippen LogP contribution in [-0.4, -0.2) is 0 Å². The van der Waals surface area contributed by atoms with Crippen LogP contribution in [-0.2, 0) is 21.7 Å². The van der Waals surface area contributed by atoms with Gasteiger partial charge < -0.3 is 0 Å². The van der Waals surface area contributed by atoms with Gasteiger partial charge in [-0.25, -0.2) is 0 Å². The van der Waals surface area contributed by atoms with E-state index in [0.29, 0.717) is 0 Å². The number of benzene rings is 20. The van der Waals surface area contributed by atoms with Gasteiger partial charge >= 0.3 is 0 Å². The normalized spacial score (nSPS) is 25.9. The van der Waals surface area contributed by atoms with E-state index in [0.717, 1.165) is 71.0 Å². The lowest BCUT2D eigenvalue weighted by atomic mass is 9.43. The lowest BCUT2D eigenvalue weighted by Crippen LogP contribution is -2.55. The SMILES string of the molecule is CC1(C)c2ccccc2-c2ccc(-c3c4ccccc4c(-c4cccc5c4-c4ccccc4C54C5CC6CC(C5)CC4C6)c4ccccc34)cc21.c1ccc(-c2c3ccccc3c(-c3cccc4c3-c3ccccc3C43C4CC5CC(C4)CC3C5)c3ccccc23)cc1.c1ccc2c(c1)-c1c(-c3c4ccccc4c(-c4cccc5ccccc45)c4ccccc34)cccc1C21C2CC3CC(C2)CC1C3. The van der Waals surface area contributed by atoms with Gasteiger partial charge in [0, 0.05) is 21.7 Å². The van der Waals surface area contributed by atoms with Gasteiger partial charge in [-0.05, 0) is 405 Å². The topological polar surface area (TPSA) is 0 Å². The molecule has 16 aliphatic rings. The van der Waals surface area contributed by atoms with Crippen molar-refractivity contribution in [2.75, 3.05) is 0 Å². The largest absolute Gasteiger partial charge is 0.0622 e. The molecule has 0 amide bonds. The molecule has 0 nitrogen and oxygen atoms in total. The maximum atomic E-state index is 2.55. The molecule has 0 radical (unpaired) electrons. The minimum atomic E-state index is -0.0423. The predicted octanol–water partition coefficient (Wildman–Crippen LogP) is 36.6. The summed E-state index contributed by atoms with van der Waals surface area (Å²) >= 11 is 0. The average molecular weight is 1780 g/mol. The molecule has 0 atom stereocenters. The fraction of sp³-hybridized carbons (Fsp3) is 0.237. The Bertz CT molecular complexity index is 8390.